The molecule has 1 aliphatic heterocycles. The van der Waals surface area contributed by atoms with Crippen LogP contribution in [0.4, 0.5) is 0 Å². The van der Waals surface area contributed by atoms with Gasteiger partial charge in [-0.2, -0.15) is 0 Å². The van der Waals surface area contributed by atoms with Crippen molar-refractivity contribution in [2.75, 3.05) is 19.6 Å². The van der Waals surface area contributed by atoms with Gasteiger partial charge in [-0.05, 0) is 19.0 Å². The Morgan fingerprint density at radius 2 is 2.21 bits per heavy atom. The van der Waals surface area contributed by atoms with Gasteiger partial charge in [-0.1, -0.05) is 0 Å². The molecule has 1 atom stereocenters. The first-order chi connectivity index (χ1) is 6.59. The zero-order chi connectivity index (χ0) is 10.6. The van der Waals surface area contributed by atoms with Crippen LogP contribution in [0.1, 0.15) is 6.42 Å². The van der Waals surface area contributed by atoms with Crippen LogP contribution in [-0.4, -0.2) is 42.7 Å². The number of nitrogens with one attached hydrogen (secondary N) is 2. The number of nitrogens with two attached hydrogens (primary N) is 1. The van der Waals surface area contributed by atoms with Gasteiger partial charge in [0, 0.05) is 6.42 Å². The molecule has 1 heterocycles. The Labute approximate surface area is 81.8 Å². The number of hydrogen-bond donors (Lipinski definition) is 4. The van der Waals surface area contributed by atoms with Gasteiger partial charge in [-0.3, -0.25) is 9.59 Å². The third-order valence-corrected chi connectivity index (χ3v) is 2.16. The first-order valence-corrected chi connectivity index (χ1v) is 4.54. The lowest BCUT2D eigenvalue weighted by Gasteiger charge is -2.26. The van der Waals surface area contributed by atoms with Crippen molar-refractivity contribution in [3.8, 4) is 0 Å². The summed E-state index contributed by atoms with van der Waals surface area (Å²) in [5.41, 5.74) is 4.81. The SMILES string of the molecule is NC(=O)C(O)CNC(=O)CC1CNC1. The minimum Gasteiger partial charge on any atom is -0.381 e. The Balaban J connectivity index is 2.10. The van der Waals surface area contributed by atoms with Gasteiger partial charge in [0.1, 0.15) is 6.10 Å². The maximum atomic E-state index is 11.2. The Hall–Kier alpha value is -1.14. The van der Waals surface area contributed by atoms with Crippen molar-refractivity contribution in [2.24, 2.45) is 11.7 Å². The van der Waals surface area contributed by atoms with E-state index in [1.807, 2.05) is 0 Å². The quantitative estimate of drug-likeness (QED) is 0.396. The number of rotatable bonds is 5. The molecule has 0 aromatic heterocycles. The Kier molecular flexibility index (Phi) is 3.84. The molecule has 6 heteroatoms. The number of carbonyl (C=O) groups excluding carboxylic acids is 2. The minimum atomic E-state index is -1.29. The molecular weight excluding hydrogens is 186 g/mol. The largest absolute Gasteiger partial charge is 0.381 e. The first kappa shape index (κ1) is 10.9. The Morgan fingerprint density at radius 3 is 2.64 bits per heavy atom. The molecule has 14 heavy (non-hydrogen) atoms. The lowest BCUT2D eigenvalue weighted by molar-refractivity contribution is -0.127. The van der Waals surface area contributed by atoms with Crippen LogP contribution >= 0.6 is 0 Å². The Bertz CT molecular complexity index is 228. The highest BCUT2D eigenvalue weighted by Crippen LogP contribution is 2.07. The van der Waals surface area contributed by atoms with Crippen molar-refractivity contribution < 1.29 is 14.7 Å². The minimum absolute atomic E-state index is 0.103. The first-order valence-electron chi connectivity index (χ1n) is 4.54. The van der Waals surface area contributed by atoms with Gasteiger partial charge in [-0.15, -0.1) is 0 Å². The fourth-order valence-corrected chi connectivity index (χ4v) is 1.14. The number of amides is 2. The lowest BCUT2D eigenvalue weighted by Crippen LogP contribution is -2.46. The highest BCUT2D eigenvalue weighted by molar-refractivity contribution is 5.81. The van der Waals surface area contributed by atoms with Gasteiger partial charge in [0.2, 0.25) is 11.8 Å². The monoisotopic (exact) mass is 201 g/mol. The summed E-state index contributed by atoms with van der Waals surface area (Å²) >= 11 is 0. The normalized spacial score (nSPS) is 18.4. The average Bonchev–Trinajstić information content (AvgIpc) is 2.07. The lowest BCUT2D eigenvalue weighted by atomic mass is 9.99. The molecular formula is C8H15N3O3. The average molecular weight is 201 g/mol. The van der Waals surface area contributed by atoms with Crippen molar-refractivity contribution >= 4 is 11.8 Å². The van der Waals surface area contributed by atoms with E-state index in [4.69, 9.17) is 10.8 Å². The maximum Gasteiger partial charge on any atom is 0.248 e. The zero-order valence-electron chi connectivity index (χ0n) is 7.82. The number of carbonyl (C=O) groups is 2. The van der Waals surface area contributed by atoms with Crippen molar-refractivity contribution in [3.63, 3.8) is 0 Å². The van der Waals surface area contributed by atoms with Crippen LogP contribution in [0.5, 0.6) is 0 Å². The smallest absolute Gasteiger partial charge is 0.248 e. The van der Waals surface area contributed by atoms with Crippen molar-refractivity contribution in [1.82, 2.24) is 10.6 Å². The van der Waals surface area contributed by atoms with E-state index in [1.165, 1.54) is 0 Å². The van der Waals surface area contributed by atoms with E-state index in [0.29, 0.717) is 12.3 Å². The number of hydrogen-bond acceptors (Lipinski definition) is 4. The molecule has 6 nitrogen and oxygen atoms in total. The summed E-state index contributed by atoms with van der Waals surface area (Å²) in [6, 6.07) is 0. The third-order valence-electron chi connectivity index (χ3n) is 2.16. The molecule has 0 aromatic rings. The molecule has 80 valence electrons. The second-order valence-electron chi connectivity index (χ2n) is 3.45. The van der Waals surface area contributed by atoms with Crippen LogP contribution in [-0.2, 0) is 9.59 Å². The summed E-state index contributed by atoms with van der Waals surface area (Å²) in [5, 5.41) is 14.5. The second kappa shape index (κ2) is 4.92. The summed E-state index contributed by atoms with van der Waals surface area (Å²) in [7, 11) is 0. The molecule has 0 aromatic carbocycles. The number of primary amides is 1. The molecule has 0 saturated carbocycles. The van der Waals surface area contributed by atoms with Crippen LogP contribution in [0.25, 0.3) is 0 Å². The van der Waals surface area contributed by atoms with Gasteiger partial charge in [0.25, 0.3) is 0 Å². The van der Waals surface area contributed by atoms with E-state index < -0.39 is 12.0 Å². The van der Waals surface area contributed by atoms with Crippen LogP contribution in [0.3, 0.4) is 0 Å². The molecule has 1 rings (SSSR count). The number of aliphatic hydroxyl groups is 1. The summed E-state index contributed by atoms with van der Waals surface area (Å²) in [6.45, 7) is 1.60. The molecule has 1 fully saturated rings. The van der Waals surface area contributed by atoms with Gasteiger partial charge in [0.15, 0.2) is 0 Å². The van der Waals surface area contributed by atoms with Crippen molar-refractivity contribution in [1.29, 1.82) is 0 Å². The molecule has 0 bridgehead atoms. The van der Waals surface area contributed by atoms with Gasteiger partial charge >= 0.3 is 0 Å². The third kappa shape index (κ3) is 3.31. The molecule has 5 N–H and O–H groups in total. The second-order valence-corrected chi connectivity index (χ2v) is 3.45. The van der Waals surface area contributed by atoms with Crippen LogP contribution in [0, 0.1) is 5.92 Å². The predicted molar refractivity (Wildman–Crippen MR) is 49.2 cm³/mol. The van der Waals surface area contributed by atoms with E-state index in [1.54, 1.807) is 0 Å². The Morgan fingerprint density at radius 1 is 1.57 bits per heavy atom. The van der Waals surface area contributed by atoms with Crippen LogP contribution in [0.2, 0.25) is 0 Å². The van der Waals surface area contributed by atoms with E-state index in [9.17, 15) is 9.59 Å². The van der Waals surface area contributed by atoms with Gasteiger partial charge in [-0.25, -0.2) is 0 Å². The summed E-state index contributed by atoms with van der Waals surface area (Å²) in [4.78, 5) is 21.6. The van der Waals surface area contributed by atoms with E-state index in [2.05, 4.69) is 10.6 Å². The van der Waals surface area contributed by atoms with Crippen LogP contribution in [0.15, 0.2) is 0 Å². The van der Waals surface area contributed by atoms with Crippen molar-refractivity contribution in [3.05, 3.63) is 0 Å². The molecule has 1 aliphatic rings. The number of aliphatic hydroxyl groups excluding tert-OH is 1. The fraction of sp³-hybridized carbons (Fsp3) is 0.750. The summed E-state index contributed by atoms with van der Waals surface area (Å²) in [6.07, 6.45) is -0.864. The highest BCUT2D eigenvalue weighted by atomic mass is 16.3. The molecule has 1 unspecified atom stereocenters. The molecule has 2 amide bonds. The van der Waals surface area contributed by atoms with Gasteiger partial charge < -0.3 is 21.5 Å². The topological polar surface area (TPSA) is 104 Å². The molecule has 1 saturated heterocycles. The summed E-state index contributed by atoms with van der Waals surface area (Å²) in [5.74, 6) is -0.604. The van der Waals surface area contributed by atoms with Crippen LogP contribution < -0.4 is 16.4 Å². The zero-order valence-corrected chi connectivity index (χ0v) is 7.82. The maximum absolute atomic E-state index is 11.2. The fourth-order valence-electron chi connectivity index (χ4n) is 1.14. The highest BCUT2D eigenvalue weighted by Gasteiger charge is 2.20. The molecule has 0 radical (unpaired) electrons. The van der Waals surface area contributed by atoms with E-state index in [-0.39, 0.29) is 12.5 Å². The standard InChI is InChI=1S/C8H15N3O3/c9-8(14)6(12)4-11-7(13)1-5-2-10-3-5/h5-6,10,12H,1-4H2,(H2,9,14)(H,11,13). The van der Waals surface area contributed by atoms with Crippen molar-refractivity contribution in [2.45, 2.75) is 12.5 Å². The van der Waals surface area contributed by atoms with Gasteiger partial charge in [0.05, 0.1) is 6.54 Å². The van der Waals surface area contributed by atoms with E-state index in [0.717, 1.165) is 13.1 Å². The predicted octanol–water partition coefficient (Wildman–Crippen LogP) is -2.44. The molecule has 0 spiro atoms. The summed E-state index contributed by atoms with van der Waals surface area (Å²) < 4.78 is 0. The van der Waals surface area contributed by atoms with E-state index >= 15 is 0 Å². The molecule has 0 aliphatic carbocycles.